The molecule has 0 bridgehead atoms. The molecule has 0 aliphatic heterocycles. The van der Waals surface area contributed by atoms with Crippen LogP contribution in [0.3, 0.4) is 0 Å². The summed E-state index contributed by atoms with van der Waals surface area (Å²) in [5.74, 6) is -0.269. The molecule has 0 amide bonds. The zero-order chi connectivity index (χ0) is 12.7. The Morgan fingerprint density at radius 3 is 2.83 bits per heavy atom. The van der Waals surface area contributed by atoms with Gasteiger partial charge in [0.05, 0.1) is 0 Å². The molecule has 2 aromatic rings. The zero-order valence-electron chi connectivity index (χ0n) is 9.79. The van der Waals surface area contributed by atoms with E-state index in [1.807, 2.05) is 18.2 Å². The molecule has 18 heavy (non-hydrogen) atoms. The lowest BCUT2D eigenvalue weighted by molar-refractivity contribution is 0.628. The Hall–Kier alpha value is -1.38. The van der Waals surface area contributed by atoms with Gasteiger partial charge in [-0.15, -0.1) is 0 Å². The average Bonchev–Trinajstić information content (AvgIpc) is 2.75. The summed E-state index contributed by atoms with van der Waals surface area (Å²) in [6.45, 7) is 0. The summed E-state index contributed by atoms with van der Waals surface area (Å²) in [4.78, 5) is 0. The van der Waals surface area contributed by atoms with Crippen molar-refractivity contribution in [1.29, 1.82) is 0 Å². The number of hydrogen-bond acceptors (Lipinski definition) is 1. The third-order valence-corrected chi connectivity index (χ3v) is 3.87. The molecule has 0 saturated carbocycles. The Morgan fingerprint density at radius 2 is 2.00 bits per heavy atom. The van der Waals surface area contributed by atoms with Crippen LogP contribution in [0.15, 0.2) is 36.4 Å². The molecule has 0 saturated heterocycles. The second kappa shape index (κ2) is 4.38. The van der Waals surface area contributed by atoms with Crippen LogP contribution in [0.25, 0.3) is 11.1 Å². The molecule has 3 heteroatoms. The Labute approximate surface area is 110 Å². The second-order valence-corrected chi connectivity index (χ2v) is 5.05. The fraction of sp³-hybridized carbons (Fsp3) is 0.200. The van der Waals surface area contributed by atoms with Gasteiger partial charge in [-0.3, -0.25) is 0 Å². The van der Waals surface area contributed by atoms with Crippen LogP contribution in [0.4, 0.5) is 4.39 Å². The molecular formula is C15H13ClFN. The van der Waals surface area contributed by atoms with E-state index in [1.165, 1.54) is 17.7 Å². The molecule has 0 heterocycles. The lowest BCUT2D eigenvalue weighted by atomic mass is 9.96. The largest absolute Gasteiger partial charge is 0.324 e. The molecule has 0 radical (unpaired) electrons. The van der Waals surface area contributed by atoms with Crippen LogP contribution in [0, 0.1) is 5.82 Å². The SMILES string of the molecule is NC1CCc2c(-c3cc(F)ccc3Cl)cccc21. The predicted molar refractivity (Wildman–Crippen MR) is 72.1 cm³/mol. The highest BCUT2D eigenvalue weighted by Crippen LogP contribution is 2.39. The molecular weight excluding hydrogens is 249 g/mol. The van der Waals surface area contributed by atoms with Gasteiger partial charge in [-0.05, 0) is 47.7 Å². The average molecular weight is 262 g/mol. The number of rotatable bonds is 1. The van der Waals surface area contributed by atoms with Crippen molar-refractivity contribution in [2.75, 3.05) is 0 Å². The van der Waals surface area contributed by atoms with E-state index in [1.54, 1.807) is 6.07 Å². The summed E-state index contributed by atoms with van der Waals surface area (Å²) in [7, 11) is 0. The monoisotopic (exact) mass is 261 g/mol. The molecule has 1 atom stereocenters. The highest BCUT2D eigenvalue weighted by atomic mass is 35.5. The van der Waals surface area contributed by atoms with Crippen LogP contribution in [-0.2, 0) is 6.42 Å². The second-order valence-electron chi connectivity index (χ2n) is 4.64. The van der Waals surface area contributed by atoms with E-state index in [2.05, 4.69) is 0 Å². The summed E-state index contributed by atoms with van der Waals surface area (Å²) >= 11 is 6.17. The van der Waals surface area contributed by atoms with Crippen LogP contribution in [0.2, 0.25) is 5.02 Å². The van der Waals surface area contributed by atoms with Gasteiger partial charge in [0.15, 0.2) is 0 Å². The summed E-state index contributed by atoms with van der Waals surface area (Å²) in [6, 6.07) is 10.5. The first-order valence-corrected chi connectivity index (χ1v) is 6.37. The van der Waals surface area contributed by atoms with E-state index in [4.69, 9.17) is 17.3 Å². The minimum absolute atomic E-state index is 0.0901. The van der Waals surface area contributed by atoms with Gasteiger partial charge in [0, 0.05) is 16.6 Å². The van der Waals surface area contributed by atoms with E-state index in [9.17, 15) is 4.39 Å². The number of benzene rings is 2. The molecule has 0 spiro atoms. The van der Waals surface area contributed by atoms with Crippen LogP contribution in [0.1, 0.15) is 23.6 Å². The maximum Gasteiger partial charge on any atom is 0.123 e. The number of nitrogens with two attached hydrogens (primary N) is 1. The Balaban J connectivity index is 2.21. The first-order chi connectivity index (χ1) is 8.66. The van der Waals surface area contributed by atoms with Gasteiger partial charge in [0.1, 0.15) is 5.82 Å². The molecule has 0 aromatic heterocycles. The highest BCUT2D eigenvalue weighted by molar-refractivity contribution is 6.33. The van der Waals surface area contributed by atoms with Gasteiger partial charge in [-0.25, -0.2) is 4.39 Å². The van der Waals surface area contributed by atoms with Crippen molar-refractivity contribution in [3.63, 3.8) is 0 Å². The Kier molecular flexibility index (Phi) is 2.84. The molecule has 3 rings (SSSR count). The topological polar surface area (TPSA) is 26.0 Å². The van der Waals surface area contributed by atoms with E-state index in [0.717, 1.165) is 29.5 Å². The maximum absolute atomic E-state index is 13.4. The van der Waals surface area contributed by atoms with Crippen LogP contribution >= 0.6 is 11.6 Å². The lowest BCUT2D eigenvalue weighted by Crippen LogP contribution is -2.04. The molecule has 1 aliphatic carbocycles. The first kappa shape index (κ1) is 11.7. The molecule has 92 valence electrons. The van der Waals surface area contributed by atoms with Gasteiger partial charge >= 0.3 is 0 Å². The molecule has 2 aromatic carbocycles. The van der Waals surface area contributed by atoms with Crippen molar-refractivity contribution in [2.24, 2.45) is 5.73 Å². The number of halogens is 2. The fourth-order valence-electron chi connectivity index (χ4n) is 2.64. The van der Waals surface area contributed by atoms with E-state index >= 15 is 0 Å². The van der Waals surface area contributed by atoms with Crippen molar-refractivity contribution < 1.29 is 4.39 Å². The van der Waals surface area contributed by atoms with Gasteiger partial charge < -0.3 is 5.73 Å². The van der Waals surface area contributed by atoms with Crippen molar-refractivity contribution in [3.8, 4) is 11.1 Å². The minimum Gasteiger partial charge on any atom is -0.324 e. The summed E-state index contributed by atoms with van der Waals surface area (Å²) in [5.41, 5.74) is 10.2. The normalized spacial score (nSPS) is 17.8. The van der Waals surface area contributed by atoms with Gasteiger partial charge in [0.25, 0.3) is 0 Å². The van der Waals surface area contributed by atoms with Crippen LogP contribution in [0.5, 0.6) is 0 Å². The molecule has 0 fully saturated rings. The third kappa shape index (κ3) is 1.82. The maximum atomic E-state index is 13.4. The molecule has 2 N–H and O–H groups in total. The van der Waals surface area contributed by atoms with Crippen molar-refractivity contribution in [3.05, 3.63) is 58.4 Å². The van der Waals surface area contributed by atoms with Crippen molar-refractivity contribution in [1.82, 2.24) is 0 Å². The number of hydrogen-bond donors (Lipinski definition) is 1. The van der Waals surface area contributed by atoms with Crippen molar-refractivity contribution in [2.45, 2.75) is 18.9 Å². The Morgan fingerprint density at radius 1 is 1.17 bits per heavy atom. The lowest BCUT2D eigenvalue weighted by Gasteiger charge is -2.11. The van der Waals surface area contributed by atoms with E-state index < -0.39 is 0 Å². The smallest absolute Gasteiger partial charge is 0.123 e. The molecule has 1 aliphatic rings. The van der Waals surface area contributed by atoms with E-state index in [-0.39, 0.29) is 11.9 Å². The van der Waals surface area contributed by atoms with Crippen LogP contribution in [-0.4, -0.2) is 0 Å². The quantitative estimate of drug-likeness (QED) is 0.822. The standard InChI is InChI=1S/C15H13ClFN/c16-14-6-4-9(17)8-13(14)10-2-1-3-12-11(10)5-7-15(12)18/h1-4,6,8,15H,5,7,18H2. The third-order valence-electron chi connectivity index (χ3n) is 3.54. The van der Waals surface area contributed by atoms with Crippen molar-refractivity contribution >= 4 is 11.6 Å². The van der Waals surface area contributed by atoms with Gasteiger partial charge in [-0.2, -0.15) is 0 Å². The van der Waals surface area contributed by atoms with Gasteiger partial charge in [0.2, 0.25) is 0 Å². The number of fused-ring (bicyclic) bond motifs is 1. The fourth-order valence-corrected chi connectivity index (χ4v) is 2.86. The van der Waals surface area contributed by atoms with E-state index in [0.29, 0.717) is 5.02 Å². The highest BCUT2D eigenvalue weighted by Gasteiger charge is 2.22. The Bertz CT molecular complexity index is 609. The summed E-state index contributed by atoms with van der Waals surface area (Å²) < 4.78 is 13.4. The minimum atomic E-state index is -0.269. The first-order valence-electron chi connectivity index (χ1n) is 5.99. The van der Waals surface area contributed by atoms with Gasteiger partial charge in [-0.1, -0.05) is 29.8 Å². The zero-order valence-corrected chi connectivity index (χ0v) is 10.5. The molecule has 1 unspecified atom stereocenters. The van der Waals surface area contributed by atoms with Crippen LogP contribution < -0.4 is 5.73 Å². The molecule has 1 nitrogen and oxygen atoms in total. The predicted octanol–water partition coefficient (Wildman–Crippen LogP) is 4.09. The summed E-state index contributed by atoms with van der Waals surface area (Å²) in [5, 5.41) is 0.574. The summed E-state index contributed by atoms with van der Waals surface area (Å²) in [6.07, 6.45) is 1.87.